The monoisotopic (exact) mass is 255 g/mol. The van der Waals surface area contributed by atoms with Gasteiger partial charge in [0.05, 0.1) is 5.60 Å². The minimum Gasteiger partial charge on any atom is -0.390 e. The van der Waals surface area contributed by atoms with E-state index < -0.39 is 5.60 Å². The van der Waals surface area contributed by atoms with Gasteiger partial charge in [-0.3, -0.25) is 0 Å². The van der Waals surface area contributed by atoms with Gasteiger partial charge in [-0.2, -0.15) is 0 Å². The molecule has 0 aliphatic rings. The Morgan fingerprint density at radius 2 is 1.82 bits per heavy atom. The van der Waals surface area contributed by atoms with Gasteiger partial charge in [0.25, 0.3) is 0 Å². The van der Waals surface area contributed by atoms with Crippen molar-refractivity contribution in [1.82, 2.24) is 4.90 Å². The van der Waals surface area contributed by atoms with Crippen molar-refractivity contribution in [2.45, 2.75) is 25.9 Å². The van der Waals surface area contributed by atoms with Gasteiger partial charge in [-0.1, -0.05) is 30.7 Å². The molecule has 0 aliphatic carbocycles. The average Bonchev–Trinajstić information content (AvgIpc) is 2.20. The second kappa shape index (κ2) is 5.85. The first-order valence-corrected chi connectivity index (χ1v) is 6.30. The summed E-state index contributed by atoms with van der Waals surface area (Å²) in [6, 6.07) is 7.67. The van der Waals surface area contributed by atoms with Crippen molar-refractivity contribution in [2.24, 2.45) is 5.92 Å². The van der Waals surface area contributed by atoms with E-state index in [1.54, 1.807) is 0 Å². The molecule has 0 heterocycles. The van der Waals surface area contributed by atoms with Gasteiger partial charge in [-0.05, 0) is 44.6 Å². The molecule has 2 atom stereocenters. The molecular weight excluding hydrogens is 234 g/mol. The van der Waals surface area contributed by atoms with Gasteiger partial charge in [0.2, 0.25) is 0 Å². The van der Waals surface area contributed by atoms with Crippen LogP contribution in [0.15, 0.2) is 24.3 Å². The summed E-state index contributed by atoms with van der Waals surface area (Å²) < 4.78 is 0. The van der Waals surface area contributed by atoms with Gasteiger partial charge in [0.1, 0.15) is 0 Å². The third kappa shape index (κ3) is 4.66. The quantitative estimate of drug-likeness (QED) is 0.875. The zero-order chi connectivity index (χ0) is 13.1. The largest absolute Gasteiger partial charge is 0.390 e. The topological polar surface area (TPSA) is 23.5 Å². The fourth-order valence-corrected chi connectivity index (χ4v) is 2.06. The zero-order valence-corrected chi connectivity index (χ0v) is 11.8. The van der Waals surface area contributed by atoms with Crippen LogP contribution >= 0.6 is 11.6 Å². The Bertz CT molecular complexity index is 346. The number of nitrogens with zero attached hydrogens (tertiary/aromatic N) is 1. The van der Waals surface area contributed by atoms with E-state index in [1.807, 2.05) is 45.3 Å². The van der Waals surface area contributed by atoms with Gasteiger partial charge in [0, 0.05) is 18.0 Å². The van der Waals surface area contributed by atoms with Crippen molar-refractivity contribution in [1.29, 1.82) is 0 Å². The molecule has 2 nitrogen and oxygen atoms in total. The van der Waals surface area contributed by atoms with Crippen LogP contribution in [0.3, 0.4) is 0 Å². The van der Waals surface area contributed by atoms with Crippen molar-refractivity contribution in [3.63, 3.8) is 0 Å². The lowest BCUT2D eigenvalue weighted by molar-refractivity contribution is -0.00259. The van der Waals surface area contributed by atoms with Crippen LogP contribution in [0.2, 0.25) is 5.02 Å². The molecule has 3 heteroatoms. The lowest BCUT2D eigenvalue weighted by Gasteiger charge is -2.32. The van der Waals surface area contributed by atoms with Crippen molar-refractivity contribution >= 4 is 11.6 Å². The Morgan fingerprint density at radius 3 is 2.29 bits per heavy atom. The summed E-state index contributed by atoms with van der Waals surface area (Å²) in [5, 5.41) is 11.2. The van der Waals surface area contributed by atoms with Crippen LogP contribution in [0.5, 0.6) is 0 Å². The molecule has 0 bridgehead atoms. The molecule has 1 unspecified atom stereocenters. The van der Waals surface area contributed by atoms with E-state index >= 15 is 0 Å². The van der Waals surface area contributed by atoms with E-state index in [4.69, 9.17) is 11.6 Å². The maximum absolute atomic E-state index is 10.5. The number of halogens is 1. The molecule has 17 heavy (non-hydrogen) atoms. The molecule has 1 N–H and O–H groups in total. The highest BCUT2D eigenvalue weighted by Gasteiger charge is 2.28. The molecule has 0 fully saturated rings. The normalized spacial score (nSPS) is 16.9. The summed E-state index contributed by atoms with van der Waals surface area (Å²) in [6.07, 6.45) is 0.652. The first-order chi connectivity index (χ1) is 7.81. The predicted octanol–water partition coefficient (Wildman–Crippen LogP) is 2.83. The molecular formula is C14H22ClNO. The summed E-state index contributed by atoms with van der Waals surface area (Å²) in [5.41, 5.74) is 0.419. The highest BCUT2D eigenvalue weighted by molar-refractivity contribution is 6.30. The molecule has 0 spiro atoms. The zero-order valence-electron chi connectivity index (χ0n) is 11.1. The Balaban J connectivity index is 2.68. The smallest absolute Gasteiger partial charge is 0.0697 e. The average molecular weight is 256 g/mol. The summed E-state index contributed by atoms with van der Waals surface area (Å²) in [5.74, 6) is 0.216. The summed E-state index contributed by atoms with van der Waals surface area (Å²) in [6.45, 7) is 4.85. The fraction of sp³-hybridized carbons (Fsp3) is 0.571. The van der Waals surface area contributed by atoms with Crippen LogP contribution in [0.1, 0.15) is 19.4 Å². The van der Waals surface area contributed by atoms with Crippen molar-refractivity contribution in [2.75, 3.05) is 20.6 Å². The minimum atomic E-state index is -0.696. The van der Waals surface area contributed by atoms with Crippen LogP contribution in [-0.2, 0) is 6.42 Å². The van der Waals surface area contributed by atoms with E-state index in [9.17, 15) is 5.11 Å². The molecule has 1 aromatic carbocycles. The Hall–Kier alpha value is -0.570. The molecule has 0 saturated carbocycles. The van der Waals surface area contributed by atoms with Crippen LogP contribution in [0.4, 0.5) is 0 Å². The second-order valence-electron chi connectivity index (χ2n) is 5.32. The lowest BCUT2D eigenvalue weighted by atomic mass is 9.84. The van der Waals surface area contributed by atoms with Gasteiger partial charge in [0.15, 0.2) is 0 Å². The lowest BCUT2D eigenvalue weighted by Crippen LogP contribution is -2.40. The molecule has 1 rings (SSSR count). The molecule has 0 aromatic heterocycles. The number of aliphatic hydroxyl groups is 1. The first-order valence-electron chi connectivity index (χ1n) is 5.93. The molecule has 1 aromatic rings. The number of hydrogen-bond donors (Lipinski definition) is 1. The third-order valence-electron chi connectivity index (χ3n) is 3.18. The fourth-order valence-electron chi connectivity index (χ4n) is 1.93. The predicted molar refractivity (Wildman–Crippen MR) is 73.5 cm³/mol. The standard InChI is InChI=1S/C14H22ClNO/c1-11(10-16(3)4)14(2,17)9-12-5-7-13(15)8-6-12/h5-8,11,17H,9-10H2,1-4H3/t11-,14?/m0/s1. The Morgan fingerprint density at radius 1 is 1.29 bits per heavy atom. The Kier molecular flexibility index (Phi) is 4.99. The summed E-state index contributed by atoms with van der Waals surface area (Å²) in [4.78, 5) is 2.10. The molecule has 0 aliphatic heterocycles. The van der Waals surface area contributed by atoms with Crippen LogP contribution < -0.4 is 0 Å². The van der Waals surface area contributed by atoms with Gasteiger partial charge in [-0.15, -0.1) is 0 Å². The second-order valence-corrected chi connectivity index (χ2v) is 5.76. The first kappa shape index (κ1) is 14.5. The minimum absolute atomic E-state index is 0.216. The molecule has 96 valence electrons. The molecule has 0 saturated heterocycles. The number of rotatable bonds is 5. The summed E-state index contributed by atoms with van der Waals surface area (Å²) in [7, 11) is 4.05. The highest BCUT2D eigenvalue weighted by Crippen LogP contribution is 2.23. The van der Waals surface area contributed by atoms with E-state index in [0.29, 0.717) is 6.42 Å². The number of benzene rings is 1. The van der Waals surface area contributed by atoms with E-state index in [2.05, 4.69) is 11.8 Å². The van der Waals surface area contributed by atoms with E-state index in [-0.39, 0.29) is 5.92 Å². The van der Waals surface area contributed by atoms with Crippen LogP contribution in [-0.4, -0.2) is 36.2 Å². The van der Waals surface area contributed by atoms with Crippen molar-refractivity contribution in [3.05, 3.63) is 34.9 Å². The number of hydrogen-bond acceptors (Lipinski definition) is 2. The third-order valence-corrected chi connectivity index (χ3v) is 3.43. The van der Waals surface area contributed by atoms with Gasteiger partial charge in [-0.25, -0.2) is 0 Å². The molecule has 0 amide bonds. The van der Waals surface area contributed by atoms with Gasteiger partial charge >= 0.3 is 0 Å². The highest BCUT2D eigenvalue weighted by atomic mass is 35.5. The van der Waals surface area contributed by atoms with Crippen molar-refractivity contribution in [3.8, 4) is 0 Å². The Labute approximate surface area is 109 Å². The maximum Gasteiger partial charge on any atom is 0.0697 e. The van der Waals surface area contributed by atoms with E-state index in [1.165, 1.54) is 0 Å². The van der Waals surface area contributed by atoms with Crippen LogP contribution in [0, 0.1) is 5.92 Å². The van der Waals surface area contributed by atoms with Crippen molar-refractivity contribution < 1.29 is 5.11 Å². The van der Waals surface area contributed by atoms with E-state index in [0.717, 1.165) is 17.1 Å². The van der Waals surface area contributed by atoms with Crippen LogP contribution in [0.25, 0.3) is 0 Å². The summed E-state index contributed by atoms with van der Waals surface area (Å²) >= 11 is 5.85. The molecule has 0 radical (unpaired) electrons. The maximum atomic E-state index is 10.5. The van der Waals surface area contributed by atoms with Gasteiger partial charge < -0.3 is 10.0 Å². The SMILES string of the molecule is C[C@@H](CN(C)C)C(C)(O)Cc1ccc(Cl)cc1.